The Balaban J connectivity index is -0.000000403. The maximum absolute atomic E-state index is 7.07. The second-order valence-corrected chi connectivity index (χ2v) is 2.16. The zero-order valence-electron chi connectivity index (χ0n) is 7.27. The second-order valence-electron chi connectivity index (χ2n) is 2.16. The first kappa shape index (κ1) is 19.1. The molecule has 0 aliphatic heterocycles. The van der Waals surface area contributed by atoms with Gasteiger partial charge in [0, 0.05) is 18.3 Å². The average molecular weight is 260 g/mol. The van der Waals surface area contributed by atoms with Crippen molar-refractivity contribution in [3.63, 3.8) is 0 Å². The minimum absolute atomic E-state index is 0. The van der Waals surface area contributed by atoms with Crippen LogP contribution in [0.2, 0.25) is 0 Å². The number of rotatable bonds is 2. The Kier molecular flexibility index (Phi) is 12.3. The molecule has 0 atom stereocenters. The van der Waals surface area contributed by atoms with Crippen LogP contribution >= 0.6 is 37.2 Å². The normalized spacial score (nSPS) is 7.50. The second kappa shape index (κ2) is 9.02. The van der Waals surface area contributed by atoms with Crippen molar-refractivity contribution in [1.29, 1.82) is 5.41 Å². The molecule has 4 nitrogen and oxygen atoms in total. The van der Waals surface area contributed by atoms with Crippen molar-refractivity contribution in [3.05, 3.63) is 29.6 Å². The van der Waals surface area contributed by atoms with E-state index < -0.39 is 0 Å². The number of nitrogen functional groups attached to an aromatic ring is 1. The molecule has 7 heteroatoms. The van der Waals surface area contributed by atoms with Gasteiger partial charge in [-0.15, -0.1) is 37.2 Å². The number of halogens is 3. The zero-order valence-corrected chi connectivity index (χ0v) is 9.72. The zero-order chi connectivity index (χ0) is 8.27. The first-order valence-corrected chi connectivity index (χ1v) is 3.23. The summed E-state index contributed by atoms with van der Waals surface area (Å²) in [6, 6.07) is 3.49. The molecule has 1 heterocycles. The molecule has 14 heavy (non-hydrogen) atoms. The molecular formula is C7H13Cl3N4. The molecule has 0 aliphatic carbocycles. The minimum atomic E-state index is 0. The highest BCUT2D eigenvalue weighted by atomic mass is 35.5. The standard InChI is InChI=1S/C7H10N4.3ClH/c8-3-6-2-1-5(4-11-6)7(9)10;;;/h1-2,4H,3,8H2,(H3,9,10);3*1H. The molecule has 0 saturated carbocycles. The van der Waals surface area contributed by atoms with Crippen LogP contribution in [0.15, 0.2) is 18.3 Å². The summed E-state index contributed by atoms with van der Waals surface area (Å²) < 4.78 is 0. The number of nitrogens with zero attached hydrogens (tertiary/aromatic N) is 1. The fourth-order valence-electron chi connectivity index (χ4n) is 0.705. The van der Waals surface area contributed by atoms with Gasteiger partial charge in [-0.05, 0) is 12.1 Å². The fraction of sp³-hybridized carbons (Fsp3) is 0.143. The van der Waals surface area contributed by atoms with Crippen LogP contribution in [0.4, 0.5) is 0 Å². The molecule has 1 aromatic rings. The molecule has 0 fully saturated rings. The lowest BCUT2D eigenvalue weighted by molar-refractivity contribution is 0.988. The van der Waals surface area contributed by atoms with Crippen molar-refractivity contribution >= 4 is 43.1 Å². The summed E-state index contributed by atoms with van der Waals surface area (Å²) in [7, 11) is 0. The fourth-order valence-corrected chi connectivity index (χ4v) is 0.705. The quantitative estimate of drug-likeness (QED) is 0.549. The summed E-state index contributed by atoms with van der Waals surface area (Å²) >= 11 is 0. The van der Waals surface area contributed by atoms with Crippen molar-refractivity contribution in [2.45, 2.75) is 6.54 Å². The first-order chi connectivity index (χ1) is 5.24. The molecule has 0 radical (unpaired) electrons. The number of hydrogen-bond donors (Lipinski definition) is 3. The minimum Gasteiger partial charge on any atom is -0.384 e. The molecule has 0 bridgehead atoms. The first-order valence-electron chi connectivity index (χ1n) is 3.23. The number of nitrogens with two attached hydrogens (primary N) is 2. The monoisotopic (exact) mass is 258 g/mol. The highest BCUT2D eigenvalue weighted by molar-refractivity contribution is 5.94. The Labute approximate surface area is 101 Å². The number of pyridine rings is 1. The van der Waals surface area contributed by atoms with Gasteiger partial charge < -0.3 is 11.5 Å². The molecule has 1 aromatic heterocycles. The topological polar surface area (TPSA) is 88.8 Å². The lowest BCUT2D eigenvalue weighted by atomic mass is 10.2. The van der Waals surface area contributed by atoms with Gasteiger partial charge in [0.05, 0.1) is 5.69 Å². The number of hydrogen-bond acceptors (Lipinski definition) is 3. The molecule has 0 unspecified atom stereocenters. The van der Waals surface area contributed by atoms with Crippen LogP contribution in [-0.4, -0.2) is 10.8 Å². The van der Waals surface area contributed by atoms with Gasteiger partial charge in [-0.3, -0.25) is 10.4 Å². The van der Waals surface area contributed by atoms with Crippen LogP contribution in [0, 0.1) is 5.41 Å². The van der Waals surface area contributed by atoms with Crippen LogP contribution in [0.5, 0.6) is 0 Å². The molecule has 0 saturated heterocycles. The summed E-state index contributed by atoms with van der Waals surface area (Å²) in [5.74, 6) is 0.0288. The van der Waals surface area contributed by atoms with Crippen molar-refractivity contribution in [2.24, 2.45) is 11.5 Å². The summed E-state index contributed by atoms with van der Waals surface area (Å²) in [4.78, 5) is 3.97. The number of aromatic nitrogens is 1. The Hall–Kier alpha value is -0.550. The van der Waals surface area contributed by atoms with E-state index in [0.29, 0.717) is 12.1 Å². The van der Waals surface area contributed by atoms with Crippen LogP contribution in [0.25, 0.3) is 0 Å². The van der Waals surface area contributed by atoms with Crippen LogP contribution in [0.1, 0.15) is 11.3 Å². The summed E-state index contributed by atoms with van der Waals surface area (Å²) in [5, 5.41) is 7.07. The van der Waals surface area contributed by atoms with Crippen LogP contribution in [0.3, 0.4) is 0 Å². The van der Waals surface area contributed by atoms with Gasteiger partial charge in [0.25, 0.3) is 0 Å². The Morgan fingerprint density at radius 2 is 1.86 bits per heavy atom. The van der Waals surface area contributed by atoms with E-state index in [-0.39, 0.29) is 43.1 Å². The summed E-state index contributed by atoms with van der Waals surface area (Å²) in [6.07, 6.45) is 1.55. The van der Waals surface area contributed by atoms with Gasteiger partial charge >= 0.3 is 0 Å². The summed E-state index contributed by atoms with van der Waals surface area (Å²) in [5.41, 5.74) is 12.0. The third-order valence-electron chi connectivity index (χ3n) is 1.34. The molecule has 0 spiro atoms. The molecular weight excluding hydrogens is 246 g/mol. The van der Waals surface area contributed by atoms with E-state index in [9.17, 15) is 0 Å². The summed E-state index contributed by atoms with van der Waals surface area (Å²) in [6.45, 7) is 0.415. The Bertz CT molecular complexity index is 262. The third kappa shape index (κ3) is 5.24. The van der Waals surface area contributed by atoms with Gasteiger partial charge in [0.15, 0.2) is 0 Å². The van der Waals surface area contributed by atoms with Crippen molar-refractivity contribution in [3.8, 4) is 0 Å². The van der Waals surface area contributed by atoms with E-state index in [1.54, 1.807) is 18.3 Å². The number of nitrogens with one attached hydrogen (secondary N) is 1. The highest BCUT2D eigenvalue weighted by Crippen LogP contribution is 1.97. The molecule has 0 aliphatic rings. The maximum atomic E-state index is 7.07. The van der Waals surface area contributed by atoms with Crippen molar-refractivity contribution in [1.82, 2.24) is 4.98 Å². The maximum Gasteiger partial charge on any atom is 0.124 e. The van der Waals surface area contributed by atoms with Crippen molar-refractivity contribution < 1.29 is 0 Å². The molecule has 5 N–H and O–H groups in total. The third-order valence-corrected chi connectivity index (χ3v) is 1.34. The van der Waals surface area contributed by atoms with Gasteiger partial charge in [-0.25, -0.2) is 0 Å². The van der Waals surface area contributed by atoms with Crippen molar-refractivity contribution in [2.75, 3.05) is 0 Å². The van der Waals surface area contributed by atoms with Crippen LogP contribution in [-0.2, 0) is 6.54 Å². The SMILES string of the molecule is Cl.Cl.Cl.N=C(N)c1ccc(CN)nc1. The van der Waals surface area contributed by atoms with E-state index in [1.807, 2.05) is 0 Å². The van der Waals surface area contributed by atoms with E-state index in [2.05, 4.69) is 4.98 Å². The molecule has 1 rings (SSSR count). The largest absolute Gasteiger partial charge is 0.384 e. The highest BCUT2D eigenvalue weighted by Gasteiger charge is 1.95. The van der Waals surface area contributed by atoms with E-state index in [4.69, 9.17) is 16.9 Å². The lowest BCUT2D eigenvalue weighted by Gasteiger charge is -1.98. The average Bonchev–Trinajstić information content (AvgIpc) is 2.05. The van der Waals surface area contributed by atoms with Gasteiger partial charge in [-0.2, -0.15) is 0 Å². The van der Waals surface area contributed by atoms with Gasteiger partial charge in [0.1, 0.15) is 5.84 Å². The van der Waals surface area contributed by atoms with Gasteiger partial charge in [-0.1, -0.05) is 0 Å². The molecule has 0 aromatic carbocycles. The van der Waals surface area contributed by atoms with E-state index >= 15 is 0 Å². The molecule has 82 valence electrons. The van der Waals surface area contributed by atoms with E-state index in [1.165, 1.54) is 0 Å². The smallest absolute Gasteiger partial charge is 0.124 e. The number of amidine groups is 1. The Morgan fingerprint density at radius 1 is 1.29 bits per heavy atom. The predicted octanol–water partition coefficient (Wildman–Crippen LogP) is 1.09. The van der Waals surface area contributed by atoms with E-state index in [0.717, 1.165) is 5.69 Å². The van der Waals surface area contributed by atoms with Crippen LogP contribution < -0.4 is 11.5 Å². The Morgan fingerprint density at radius 3 is 2.14 bits per heavy atom. The molecule has 0 amide bonds. The van der Waals surface area contributed by atoms with Gasteiger partial charge in [0.2, 0.25) is 0 Å². The lowest BCUT2D eigenvalue weighted by Crippen LogP contribution is -2.11. The predicted molar refractivity (Wildman–Crippen MR) is 64.9 cm³/mol.